The summed E-state index contributed by atoms with van der Waals surface area (Å²) in [5, 5.41) is 3.43. The van der Waals surface area contributed by atoms with Crippen LogP contribution in [0.25, 0.3) is 0 Å². The molecule has 0 saturated heterocycles. The molecule has 0 aliphatic heterocycles. The highest BCUT2D eigenvalue weighted by Gasteiger charge is 2.23. The minimum atomic E-state index is -0.768. The zero-order valence-corrected chi connectivity index (χ0v) is 11.9. The summed E-state index contributed by atoms with van der Waals surface area (Å²) in [4.78, 5) is 35.0. The molecule has 0 radical (unpaired) electrons. The van der Waals surface area contributed by atoms with Gasteiger partial charge >= 0.3 is 5.97 Å². The number of methoxy groups -OCH3 is 1. The van der Waals surface area contributed by atoms with Gasteiger partial charge in [0.25, 0.3) is 5.91 Å². The number of H-pyrrole nitrogens is 1. The van der Waals surface area contributed by atoms with Crippen molar-refractivity contribution in [3.8, 4) is 0 Å². The summed E-state index contributed by atoms with van der Waals surface area (Å²) in [6.07, 6.45) is 4.88. The number of esters is 1. The number of nitrogens with zero attached hydrogens (tertiary/aromatic N) is 2. The summed E-state index contributed by atoms with van der Waals surface area (Å²) >= 11 is 1.27. The maximum absolute atomic E-state index is 12.0. The van der Waals surface area contributed by atoms with Crippen LogP contribution in [-0.4, -0.2) is 40.0 Å². The van der Waals surface area contributed by atoms with Gasteiger partial charge in [-0.25, -0.2) is 14.8 Å². The molecule has 2 aromatic heterocycles. The summed E-state index contributed by atoms with van der Waals surface area (Å²) in [6.45, 7) is 1.81. The second kappa shape index (κ2) is 6.29. The van der Waals surface area contributed by atoms with Crippen LogP contribution >= 0.6 is 11.3 Å². The lowest BCUT2D eigenvalue weighted by Crippen LogP contribution is -2.42. The van der Waals surface area contributed by atoms with E-state index in [1.54, 1.807) is 6.20 Å². The highest BCUT2D eigenvalue weighted by Crippen LogP contribution is 2.12. The van der Waals surface area contributed by atoms with Crippen LogP contribution in [0.15, 0.2) is 18.7 Å². The number of hydrogen-bond donors (Lipinski definition) is 2. The van der Waals surface area contributed by atoms with Crippen molar-refractivity contribution in [2.24, 2.45) is 0 Å². The Labute approximate surface area is 119 Å². The highest BCUT2D eigenvalue weighted by atomic mass is 32.1. The first-order valence-corrected chi connectivity index (χ1v) is 6.70. The van der Waals surface area contributed by atoms with E-state index >= 15 is 0 Å². The Morgan fingerprint density at radius 1 is 1.50 bits per heavy atom. The van der Waals surface area contributed by atoms with Crippen LogP contribution in [0.3, 0.4) is 0 Å². The lowest BCUT2D eigenvalue weighted by Gasteiger charge is -2.14. The zero-order valence-electron chi connectivity index (χ0n) is 11.0. The van der Waals surface area contributed by atoms with Gasteiger partial charge in [0.2, 0.25) is 0 Å². The molecular weight excluding hydrogens is 280 g/mol. The molecule has 0 saturated carbocycles. The second-order valence-electron chi connectivity index (χ2n) is 4.07. The fraction of sp³-hybridized carbons (Fsp3) is 0.333. The molecule has 0 spiro atoms. The average molecular weight is 294 g/mol. The molecule has 0 fully saturated rings. The minimum Gasteiger partial charge on any atom is -0.467 e. The maximum Gasteiger partial charge on any atom is 0.328 e. The fourth-order valence-corrected chi connectivity index (χ4v) is 2.33. The molecule has 106 valence electrons. The van der Waals surface area contributed by atoms with E-state index in [0.29, 0.717) is 4.88 Å². The van der Waals surface area contributed by atoms with E-state index in [-0.39, 0.29) is 12.3 Å². The van der Waals surface area contributed by atoms with Crippen LogP contribution in [-0.2, 0) is 16.0 Å². The van der Waals surface area contributed by atoms with Gasteiger partial charge in [-0.05, 0) is 6.92 Å². The molecule has 0 aliphatic rings. The average Bonchev–Trinajstić information content (AvgIpc) is 3.08. The second-order valence-corrected chi connectivity index (χ2v) is 5.31. The minimum absolute atomic E-state index is 0.288. The summed E-state index contributed by atoms with van der Waals surface area (Å²) in [6, 6.07) is -0.768. The molecule has 8 heteroatoms. The molecule has 0 unspecified atom stereocenters. The van der Waals surface area contributed by atoms with Crippen LogP contribution in [0.5, 0.6) is 0 Å². The molecule has 0 aliphatic carbocycles. The largest absolute Gasteiger partial charge is 0.467 e. The topological polar surface area (TPSA) is 97.0 Å². The Bertz CT molecular complexity index is 594. The molecule has 1 amide bonds. The number of aromatic nitrogens is 3. The summed E-state index contributed by atoms with van der Waals surface area (Å²) < 4.78 is 4.70. The number of rotatable bonds is 5. The number of aryl methyl sites for hydroxylation is 1. The Kier molecular flexibility index (Phi) is 4.46. The van der Waals surface area contributed by atoms with Crippen molar-refractivity contribution in [1.82, 2.24) is 20.3 Å². The molecule has 2 rings (SSSR count). The lowest BCUT2D eigenvalue weighted by molar-refractivity contribution is -0.142. The van der Waals surface area contributed by atoms with Gasteiger partial charge in [0.15, 0.2) is 0 Å². The van der Waals surface area contributed by atoms with Gasteiger partial charge in [-0.2, -0.15) is 0 Å². The third-order valence-corrected chi connectivity index (χ3v) is 3.53. The van der Waals surface area contributed by atoms with Gasteiger partial charge in [-0.3, -0.25) is 4.79 Å². The predicted molar refractivity (Wildman–Crippen MR) is 72.4 cm³/mol. The Balaban J connectivity index is 2.07. The van der Waals surface area contributed by atoms with Crippen molar-refractivity contribution in [1.29, 1.82) is 0 Å². The Morgan fingerprint density at radius 2 is 2.30 bits per heavy atom. The summed E-state index contributed by atoms with van der Waals surface area (Å²) in [5.41, 5.74) is 0.737. The molecule has 20 heavy (non-hydrogen) atoms. The van der Waals surface area contributed by atoms with E-state index in [0.717, 1.165) is 10.7 Å². The van der Waals surface area contributed by atoms with Crippen molar-refractivity contribution in [3.05, 3.63) is 34.3 Å². The normalized spacial score (nSPS) is 11.9. The van der Waals surface area contributed by atoms with E-state index in [4.69, 9.17) is 4.74 Å². The lowest BCUT2D eigenvalue weighted by atomic mass is 10.1. The summed E-state index contributed by atoms with van der Waals surface area (Å²) in [7, 11) is 1.28. The number of carbonyl (C=O) groups excluding carboxylic acids is 2. The van der Waals surface area contributed by atoms with Gasteiger partial charge in [-0.15, -0.1) is 11.3 Å². The van der Waals surface area contributed by atoms with Gasteiger partial charge in [0.05, 0.1) is 24.6 Å². The van der Waals surface area contributed by atoms with Crippen molar-refractivity contribution in [3.63, 3.8) is 0 Å². The Hall–Kier alpha value is -2.22. The Morgan fingerprint density at radius 3 is 2.85 bits per heavy atom. The smallest absolute Gasteiger partial charge is 0.328 e. The number of aromatic amines is 1. The number of amides is 1. The van der Waals surface area contributed by atoms with Crippen molar-refractivity contribution in [2.45, 2.75) is 19.4 Å². The van der Waals surface area contributed by atoms with Gasteiger partial charge in [-0.1, -0.05) is 0 Å². The molecule has 7 nitrogen and oxygen atoms in total. The quantitative estimate of drug-likeness (QED) is 0.791. The third kappa shape index (κ3) is 3.41. The van der Waals surface area contributed by atoms with Crippen LogP contribution in [0.1, 0.15) is 20.4 Å². The number of ether oxygens (including phenoxy) is 1. The van der Waals surface area contributed by atoms with Crippen LogP contribution < -0.4 is 5.32 Å². The SMILES string of the molecule is COC(=O)[C@H](Cc1cnc[nH]1)NC(=O)c1cnc(C)s1. The van der Waals surface area contributed by atoms with Gasteiger partial charge in [0, 0.05) is 18.3 Å². The molecule has 2 aromatic rings. The van der Waals surface area contributed by atoms with E-state index in [2.05, 4.69) is 20.3 Å². The first-order valence-electron chi connectivity index (χ1n) is 5.88. The molecule has 1 atom stereocenters. The first-order chi connectivity index (χ1) is 9.60. The predicted octanol–water partition coefficient (Wildman–Crippen LogP) is 0.689. The van der Waals surface area contributed by atoms with E-state index < -0.39 is 12.0 Å². The first kappa shape index (κ1) is 14.2. The number of hydrogen-bond acceptors (Lipinski definition) is 6. The zero-order chi connectivity index (χ0) is 14.5. The monoisotopic (exact) mass is 294 g/mol. The highest BCUT2D eigenvalue weighted by molar-refractivity contribution is 7.13. The number of nitrogens with one attached hydrogen (secondary N) is 2. The van der Waals surface area contributed by atoms with Crippen molar-refractivity contribution >= 4 is 23.2 Å². The molecule has 2 heterocycles. The molecule has 2 N–H and O–H groups in total. The van der Waals surface area contributed by atoms with E-state index in [1.807, 2.05) is 6.92 Å². The molecular formula is C12H14N4O3S. The van der Waals surface area contributed by atoms with Crippen LogP contribution in [0.2, 0.25) is 0 Å². The van der Waals surface area contributed by atoms with Gasteiger partial charge < -0.3 is 15.0 Å². The molecule has 0 aromatic carbocycles. The van der Waals surface area contributed by atoms with Crippen LogP contribution in [0.4, 0.5) is 0 Å². The maximum atomic E-state index is 12.0. The van der Waals surface area contributed by atoms with Gasteiger partial charge in [0.1, 0.15) is 10.9 Å². The van der Waals surface area contributed by atoms with Crippen molar-refractivity contribution < 1.29 is 14.3 Å². The van der Waals surface area contributed by atoms with E-state index in [9.17, 15) is 9.59 Å². The molecule has 0 bridgehead atoms. The van der Waals surface area contributed by atoms with Crippen LogP contribution in [0, 0.1) is 6.92 Å². The number of imidazole rings is 1. The third-order valence-electron chi connectivity index (χ3n) is 2.61. The fourth-order valence-electron chi connectivity index (χ4n) is 1.65. The number of carbonyl (C=O) groups is 2. The summed E-state index contributed by atoms with van der Waals surface area (Å²) in [5.74, 6) is -0.847. The van der Waals surface area contributed by atoms with Crippen molar-refractivity contribution in [2.75, 3.05) is 7.11 Å². The van der Waals surface area contributed by atoms with E-state index in [1.165, 1.54) is 31.0 Å². The number of thiazole rings is 1. The standard InChI is InChI=1S/C12H14N4O3S/c1-7-14-5-10(20-7)11(17)16-9(12(18)19-2)3-8-4-13-6-15-8/h4-6,9H,3H2,1-2H3,(H,13,15)(H,16,17)/t9-/m0/s1.